The molecule has 0 radical (unpaired) electrons. The first-order valence-corrected chi connectivity index (χ1v) is 7.44. The van der Waals surface area contributed by atoms with Crippen molar-refractivity contribution in [1.82, 2.24) is 0 Å². The summed E-state index contributed by atoms with van der Waals surface area (Å²) in [5, 5.41) is 0. The monoisotopic (exact) mass is 260 g/mol. The van der Waals surface area contributed by atoms with Gasteiger partial charge in [0.25, 0.3) is 0 Å². The van der Waals surface area contributed by atoms with Gasteiger partial charge in [0, 0.05) is 0 Å². The van der Waals surface area contributed by atoms with E-state index in [9.17, 15) is 0 Å². The van der Waals surface area contributed by atoms with E-state index in [0.717, 1.165) is 31.2 Å². The van der Waals surface area contributed by atoms with Gasteiger partial charge in [-0.05, 0) is 36.8 Å². The van der Waals surface area contributed by atoms with Crippen LogP contribution in [0.1, 0.15) is 25.3 Å². The van der Waals surface area contributed by atoms with Crippen molar-refractivity contribution in [2.24, 2.45) is 5.92 Å². The van der Waals surface area contributed by atoms with Gasteiger partial charge in [-0.3, -0.25) is 0 Å². The largest absolute Gasteiger partial charge is 0.487 e. The Bertz CT molecular complexity index is 394. The van der Waals surface area contributed by atoms with Crippen molar-refractivity contribution in [3.63, 3.8) is 0 Å². The van der Waals surface area contributed by atoms with E-state index in [0.29, 0.717) is 0 Å². The summed E-state index contributed by atoms with van der Waals surface area (Å²) >= 11 is 0. The summed E-state index contributed by atoms with van der Waals surface area (Å²) in [5.41, 5.74) is 1.24. The van der Waals surface area contributed by atoms with Crippen LogP contribution in [0.15, 0.2) is 36.9 Å². The molecule has 1 N–H and O–H groups in total. The molecule has 2 rings (SSSR count). The highest BCUT2D eigenvalue weighted by Gasteiger charge is 2.18. The second-order valence-electron chi connectivity index (χ2n) is 5.63. The van der Waals surface area contributed by atoms with E-state index in [1.807, 2.05) is 12.1 Å². The fourth-order valence-electron chi connectivity index (χ4n) is 2.69. The van der Waals surface area contributed by atoms with Gasteiger partial charge in [0.2, 0.25) is 0 Å². The highest BCUT2D eigenvalue weighted by molar-refractivity contribution is 5.34. The molecule has 1 aliphatic rings. The number of ether oxygens (including phenoxy) is 1. The third-order valence-electron chi connectivity index (χ3n) is 4.03. The summed E-state index contributed by atoms with van der Waals surface area (Å²) in [6.07, 6.45) is 5.54. The van der Waals surface area contributed by atoms with Gasteiger partial charge in [0.15, 0.2) is 0 Å². The Morgan fingerprint density at radius 2 is 2.05 bits per heavy atom. The number of rotatable bonds is 6. The number of allylic oxidation sites excluding steroid dienone is 1. The van der Waals surface area contributed by atoms with Crippen molar-refractivity contribution in [3.05, 3.63) is 42.5 Å². The molecule has 1 aliphatic heterocycles. The Labute approximate surface area is 117 Å². The highest BCUT2D eigenvalue weighted by Crippen LogP contribution is 2.18. The number of hydrogen-bond donors (Lipinski definition) is 1. The molecule has 19 heavy (non-hydrogen) atoms. The standard InChI is InChI=1S/C17H25NO/c1-3-6-16-7-4-5-8-17(16)19-14-13-18-11-9-15(2)10-12-18/h3-5,7-8,15H,1,6,9-14H2,2H3/p+1. The maximum Gasteiger partial charge on any atom is 0.137 e. The van der Waals surface area contributed by atoms with E-state index in [1.54, 1.807) is 4.90 Å². The molecular formula is C17H26NO+. The van der Waals surface area contributed by atoms with Crippen LogP contribution in [0.25, 0.3) is 0 Å². The topological polar surface area (TPSA) is 13.7 Å². The number of para-hydroxylation sites is 1. The number of hydrogen-bond acceptors (Lipinski definition) is 1. The molecule has 2 heteroatoms. The average molecular weight is 260 g/mol. The second kappa shape index (κ2) is 7.34. The lowest BCUT2D eigenvalue weighted by Crippen LogP contribution is -3.13. The van der Waals surface area contributed by atoms with Crippen LogP contribution < -0.4 is 9.64 Å². The fourth-order valence-corrected chi connectivity index (χ4v) is 2.69. The smallest absolute Gasteiger partial charge is 0.137 e. The van der Waals surface area contributed by atoms with Crippen molar-refractivity contribution in [2.45, 2.75) is 26.2 Å². The molecule has 1 fully saturated rings. The molecular weight excluding hydrogens is 234 g/mol. The third kappa shape index (κ3) is 4.39. The maximum atomic E-state index is 5.95. The third-order valence-corrected chi connectivity index (χ3v) is 4.03. The van der Waals surface area contributed by atoms with Crippen molar-refractivity contribution in [3.8, 4) is 5.75 Å². The molecule has 0 spiro atoms. The van der Waals surface area contributed by atoms with Crippen molar-refractivity contribution in [2.75, 3.05) is 26.2 Å². The van der Waals surface area contributed by atoms with Gasteiger partial charge in [0.05, 0.1) is 13.1 Å². The van der Waals surface area contributed by atoms with Gasteiger partial charge in [-0.2, -0.15) is 0 Å². The van der Waals surface area contributed by atoms with Crippen LogP contribution in [-0.4, -0.2) is 26.2 Å². The second-order valence-corrected chi connectivity index (χ2v) is 5.63. The predicted molar refractivity (Wildman–Crippen MR) is 79.8 cm³/mol. The number of piperidine rings is 1. The minimum Gasteiger partial charge on any atom is -0.487 e. The van der Waals surface area contributed by atoms with Crippen LogP contribution in [0.5, 0.6) is 5.75 Å². The van der Waals surface area contributed by atoms with Crippen LogP contribution in [0, 0.1) is 5.92 Å². The molecule has 2 nitrogen and oxygen atoms in total. The average Bonchev–Trinajstić information content (AvgIpc) is 2.43. The first kappa shape index (κ1) is 14.1. The fraction of sp³-hybridized carbons (Fsp3) is 0.529. The number of quaternary nitrogens is 1. The molecule has 0 bridgehead atoms. The SMILES string of the molecule is C=CCc1ccccc1OCC[NH+]1CCC(C)CC1. The van der Waals surface area contributed by atoms with Crippen LogP contribution in [-0.2, 0) is 6.42 Å². The summed E-state index contributed by atoms with van der Waals surface area (Å²) in [6, 6.07) is 8.28. The molecule has 104 valence electrons. The van der Waals surface area contributed by atoms with Crippen LogP contribution in [0.3, 0.4) is 0 Å². The van der Waals surface area contributed by atoms with Crippen LogP contribution in [0.2, 0.25) is 0 Å². The zero-order chi connectivity index (χ0) is 13.5. The van der Waals surface area contributed by atoms with Gasteiger partial charge >= 0.3 is 0 Å². The van der Waals surface area contributed by atoms with Crippen LogP contribution in [0.4, 0.5) is 0 Å². The molecule has 0 aromatic heterocycles. The minimum absolute atomic E-state index is 0.817. The van der Waals surface area contributed by atoms with Crippen molar-refractivity contribution >= 4 is 0 Å². The summed E-state index contributed by atoms with van der Waals surface area (Å²) in [7, 11) is 0. The molecule has 0 amide bonds. The zero-order valence-electron chi connectivity index (χ0n) is 12.0. The van der Waals surface area contributed by atoms with Gasteiger partial charge < -0.3 is 9.64 Å². The lowest BCUT2D eigenvalue weighted by Gasteiger charge is -2.27. The zero-order valence-corrected chi connectivity index (χ0v) is 12.0. The Hall–Kier alpha value is -1.28. The van der Waals surface area contributed by atoms with Crippen molar-refractivity contribution in [1.29, 1.82) is 0 Å². The summed E-state index contributed by atoms with van der Waals surface area (Å²) in [5.74, 6) is 1.94. The Balaban J connectivity index is 1.77. The van der Waals surface area contributed by atoms with Gasteiger partial charge in [-0.25, -0.2) is 0 Å². The van der Waals surface area contributed by atoms with E-state index < -0.39 is 0 Å². The van der Waals surface area contributed by atoms with E-state index in [2.05, 4.69) is 31.7 Å². The quantitative estimate of drug-likeness (QED) is 0.774. The summed E-state index contributed by atoms with van der Waals surface area (Å²) in [4.78, 5) is 1.69. The number of likely N-dealkylation sites (tertiary alicyclic amines) is 1. The van der Waals surface area contributed by atoms with Gasteiger partial charge in [-0.15, -0.1) is 6.58 Å². The molecule has 0 atom stereocenters. The molecule has 0 unspecified atom stereocenters. The molecule has 0 aliphatic carbocycles. The number of benzene rings is 1. The molecule has 1 aromatic rings. The first-order chi connectivity index (χ1) is 9.29. The molecule has 1 aromatic carbocycles. The predicted octanol–water partition coefficient (Wildman–Crippen LogP) is 2.11. The van der Waals surface area contributed by atoms with E-state index >= 15 is 0 Å². The van der Waals surface area contributed by atoms with Gasteiger partial charge in [-0.1, -0.05) is 31.2 Å². The maximum absolute atomic E-state index is 5.95. The molecule has 1 heterocycles. The van der Waals surface area contributed by atoms with E-state index in [-0.39, 0.29) is 0 Å². The van der Waals surface area contributed by atoms with Crippen LogP contribution >= 0.6 is 0 Å². The lowest BCUT2D eigenvalue weighted by atomic mass is 9.99. The number of nitrogens with one attached hydrogen (secondary N) is 1. The van der Waals surface area contributed by atoms with Crippen molar-refractivity contribution < 1.29 is 9.64 Å². The first-order valence-electron chi connectivity index (χ1n) is 7.44. The van der Waals surface area contributed by atoms with E-state index in [4.69, 9.17) is 4.74 Å². The molecule has 1 saturated heterocycles. The summed E-state index contributed by atoms with van der Waals surface area (Å²) < 4.78 is 5.95. The Morgan fingerprint density at radius 1 is 1.32 bits per heavy atom. The normalized spacial score (nSPS) is 23.0. The minimum atomic E-state index is 0.817. The van der Waals surface area contributed by atoms with Gasteiger partial charge in [0.1, 0.15) is 18.9 Å². The summed E-state index contributed by atoms with van der Waals surface area (Å²) in [6.45, 7) is 10.7. The Morgan fingerprint density at radius 3 is 2.79 bits per heavy atom. The van der Waals surface area contributed by atoms with E-state index in [1.165, 1.54) is 31.5 Å². The molecule has 0 saturated carbocycles. The lowest BCUT2D eigenvalue weighted by molar-refractivity contribution is -0.906. The highest BCUT2D eigenvalue weighted by atomic mass is 16.5. The Kier molecular flexibility index (Phi) is 5.46.